The fourth-order valence-corrected chi connectivity index (χ4v) is 9.22. The summed E-state index contributed by atoms with van der Waals surface area (Å²) in [5.41, 5.74) is 15.2. The molecule has 0 amide bonds. The van der Waals surface area contributed by atoms with E-state index in [1.165, 1.54) is 76.8 Å². The van der Waals surface area contributed by atoms with E-state index < -0.39 is 0 Å². The van der Waals surface area contributed by atoms with Crippen LogP contribution in [-0.4, -0.2) is 9.97 Å². The highest BCUT2D eigenvalue weighted by molar-refractivity contribution is 6.28. The summed E-state index contributed by atoms with van der Waals surface area (Å²) in [5, 5.41) is 7.47. The molecule has 0 N–H and O–H groups in total. The lowest BCUT2D eigenvalue weighted by atomic mass is 9.82. The lowest BCUT2D eigenvalue weighted by Crippen LogP contribution is -2.14. The second-order valence-electron chi connectivity index (χ2n) is 15.7. The Morgan fingerprint density at radius 2 is 0.842 bits per heavy atom. The Morgan fingerprint density at radius 3 is 1.61 bits per heavy atom. The summed E-state index contributed by atoms with van der Waals surface area (Å²) in [4.78, 5) is 10.4. The maximum Gasteiger partial charge on any atom is 0.160 e. The van der Waals surface area contributed by atoms with Crippen molar-refractivity contribution in [3.05, 3.63) is 205 Å². The van der Waals surface area contributed by atoms with Crippen LogP contribution < -0.4 is 0 Å². The Morgan fingerprint density at radius 1 is 0.316 bits per heavy atom. The number of benzene rings is 9. The topological polar surface area (TPSA) is 25.8 Å². The molecule has 1 aliphatic rings. The molecule has 2 nitrogen and oxygen atoms in total. The van der Waals surface area contributed by atoms with Crippen LogP contribution in [0, 0.1) is 0 Å². The van der Waals surface area contributed by atoms with E-state index in [-0.39, 0.29) is 5.41 Å². The summed E-state index contributed by atoms with van der Waals surface area (Å²) in [7, 11) is 0. The fraction of sp³-hybridized carbons (Fsp3) is 0.0545. The van der Waals surface area contributed by atoms with Gasteiger partial charge in [0.1, 0.15) is 0 Å². The van der Waals surface area contributed by atoms with Crippen molar-refractivity contribution in [1.82, 2.24) is 9.97 Å². The van der Waals surface area contributed by atoms with Crippen LogP contribution in [-0.2, 0) is 5.41 Å². The summed E-state index contributed by atoms with van der Waals surface area (Å²) in [6.45, 7) is 4.69. The highest BCUT2D eigenvalue weighted by Gasteiger charge is 2.35. The number of hydrogen-bond donors (Lipinski definition) is 0. The molecule has 57 heavy (non-hydrogen) atoms. The standard InChI is InChI=1S/C55H38N2/c1-55(2)49-23-12-11-20-44(49)48-32-39(29-31-50(48)55)41-21-13-22-45-42-18-9-10-19-43(42)47-33-40(28-30-46(47)53(41)45)52-34-51(56-54(57-52)38-16-7-4-8-17-38)37-26-24-36(25-27-37)35-14-5-3-6-15-35/h3-34H,1-2H3. The van der Waals surface area contributed by atoms with Crippen molar-refractivity contribution in [1.29, 1.82) is 0 Å². The third-order valence-electron chi connectivity index (χ3n) is 12.1. The van der Waals surface area contributed by atoms with Crippen molar-refractivity contribution in [3.63, 3.8) is 0 Å². The van der Waals surface area contributed by atoms with E-state index >= 15 is 0 Å². The van der Waals surface area contributed by atoms with Crippen molar-refractivity contribution in [2.24, 2.45) is 0 Å². The van der Waals surface area contributed by atoms with E-state index in [0.29, 0.717) is 5.82 Å². The van der Waals surface area contributed by atoms with Gasteiger partial charge < -0.3 is 0 Å². The minimum Gasteiger partial charge on any atom is -0.228 e. The van der Waals surface area contributed by atoms with Crippen LogP contribution in [0.2, 0.25) is 0 Å². The van der Waals surface area contributed by atoms with Crippen LogP contribution in [0.25, 0.3) is 99.6 Å². The molecule has 1 aromatic heterocycles. The number of rotatable bonds is 5. The molecular formula is C55H38N2. The molecule has 1 aliphatic carbocycles. The Bertz CT molecular complexity index is 3180. The predicted octanol–water partition coefficient (Wildman–Crippen LogP) is 14.6. The summed E-state index contributed by atoms with van der Waals surface area (Å²) in [5.74, 6) is 0.711. The molecule has 2 heteroatoms. The zero-order valence-corrected chi connectivity index (χ0v) is 31.9. The van der Waals surface area contributed by atoms with Gasteiger partial charge in [0.25, 0.3) is 0 Å². The van der Waals surface area contributed by atoms with Gasteiger partial charge in [-0.3, -0.25) is 0 Å². The molecule has 268 valence electrons. The Balaban J connectivity index is 1.10. The highest BCUT2D eigenvalue weighted by Crippen LogP contribution is 2.50. The van der Waals surface area contributed by atoms with Crippen molar-refractivity contribution in [3.8, 4) is 67.3 Å². The van der Waals surface area contributed by atoms with Crippen LogP contribution in [0.5, 0.6) is 0 Å². The predicted molar refractivity (Wildman–Crippen MR) is 239 cm³/mol. The van der Waals surface area contributed by atoms with Crippen molar-refractivity contribution < 1.29 is 0 Å². The van der Waals surface area contributed by atoms with Gasteiger partial charge in [-0.05, 0) is 95.0 Å². The highest BCUT2D eigenvalue weighted by atomic mass is 14.9. The summed E-state index contributed by atoms with van der Waals surface area (Å²) in [6, 6.07) is 70.2. The zero-order valence-electron chi connectivity index (χ0n) is 31.9. The van der Waals surface area contributed by atoms with Crippen molar-refractivity contribution >= 4 is 32.3 Å². The van der Waals surface area contributed by atoms with Crippen LogP contribution in [0.3, 0.4) is 0 Å². The molecule has 0 atom stereocenters. The Hall–Kier alpha value is -7.16. The normalized spacial score (nSPS) is 12.9. The average molecular weight is 727 g/mol. The van der Waals surface area contributed by atoms with Gasteiger partial charge in [0.2, 0.25) is 0 Å². The second-order valence-corrected chi connectivity index (χ2v) is 15.7. The SMILES string of the molecule is CC1(C)c2ccccc2-c2cc(-c3cccc4c5ccccc5c5cc(-c6cc(-c7ccc(-c8ccccc8)cc7)nc(-c7ccccc7)n6)ccc5c34)ccc21. The molecule has 0 aliphatic heterocycles. The molecule has 0 bridgehead atoms. The van der Waals surface area contributed by atoms with E-state index in [1.807, 2.05) is 18.2 Å². The molecule has 0 fully saturated rings. The van der Waals surface area contributed by atoms with Crippen LogP contribution in [0.15, 0.2) is 194 Å². The van der Waals surface area contributed by atoms with Gasteiger partial charge in [-0.2, -0.15) is 0 Å². The molecule has 1 heterocycles. The van der Waals surface area contributed by atoms with E-state index in [4.69, 9.17) is 9.97 Å². The van der Waals surface area contributed by atoms with Crippen molar-refractivity contribution in [2.45, 2.75) is 19.3 Å². The van der Waals surface area contributed by atoms with Gasteiger partial charge in [0, 0.05) is 22.1 Å². The van der Waals surface area contributed by atoms with E-state index in [9.17, 15) is 0 Å². The first-order chi connectivity index (χ1) is 28.0. The van der Waals surface area contributed by atoms with Gasteiger partial charge in [-0.25, -0.2) is 9.97 Å². The third-order valence-corrected chi connectivity index (χ3v) is 12.1. The molecule has 0 spiro atoms. The largest absolute Gasteiger partial charge is 0.228 e. The fourth-order valence-electron chi connectivity index (χ4n) is 9.22. The van der Waals surface area contributed by atoms with Crippen molar-refractivity contribution in [2.75, 3.05) is 0 Å². The molecule has 0 saturated carbocycles. The molecule has 0 radical (unpaired) electrons. The first kappa shape index (κ1) is 33.2. The maximum absolute atomic E-state index is 5.23. The first-order valence-corrected chi connectivity index (χ1v) is 19.7. The van der Waals surface area contributed by atoms with Crippen LogP contribution in [0.4, 0.5) is 0 Å². The Labute approximate surface area is 332 Å². The molecule has 11 rings (SSSR count). The summed E-state index contributed by atoms with van der Waals surface area (Å²) >= 11 is 0. The quantitative estimate of drug-likeness (QED) is 0.165. The molecule has 9 aromatic carbocycles. The second kappa shape index (κ2) is 13.0. The zero-order chi connectivity index (χ0) is 38.1. The number of hydrogen-bond acceptors (Lipinski definition) is 2. The smallest absolute Gasteiger partial charge is 0.160 e. The van der Waals surface area contributed by atoms with E-state index in [1.54, 1.807) is 0 Å². The molecule has 0 unspecified atom stereocenters. The minimum atomic E-state index is -0.0324. The van der Waals surface area contributed by atoms with Crippen LogP contribution in [0.1, 0.15) is 25.0 Å². The van der Waals surface area contributed by atoms with Gasteiger partial charge in [-0.15, -0.1) is 0 Å². The number of aromatic nitrogens is 2. The van der Waals surface area contributed by atoms with Crippen LogP contribution >= 0.6 is 0 Å². The Kier molecular flexibility index (Phi) is 7.55. The summed E-state index contributed by atoms with van der Waals surface area (Å²) < 4.78 is 0. The lowest BCUT2D eigenvalue weighted by Gasteiger charge is -2.21. The van der Waals surface area contributed by atoms with Gasteiger partial charge in [0.15, 0.2) is 5.82 Å². The lowest BCUT2D eigenvalue weighted by molar-refractivity contribution is 0.660. The summed E-state index contributed by atoms with van der Waals surface area (Å²) in [6.07, 6.45) is 0. The van der Waals surface area contributed by atoms with Gasteiger partial charge >= 0.3 is 0 Å². The number of nitrogens with zero attached hydrogens (tertiary/aromatic N) is 2. The average Bonchev–Trinajstić information content (AvgIpc) is 3.51. The minimum absolute atomic E-state index is 0.0324. The monoisotopic (exact) mass is 726 g/mol. The molecular weight excluding hydrogens is 689 g/mol. The van der Waals surface area contributed by atoms with Gasteiger partial charge in [0.05, 0.1) is 11.4 Å². The van der Waals surface area contributed by atoms with E-state index in [2.05, 4.69) is 190 Å². The number of fused-ring (bicyclic) bond motifs is 9. The van der Waals surface area contributed by atoms with E-state index in [0.717, 1.165) is 28.1 Å². The van der Waals surface area contributed by atoms with Gasteiger partial charge in [-0.1, -0.05) is 190 Å². The molecule has 0 saturated heterocycles. The third kappa shape index (κ3) is 5.40. The molecule has 10 aromatic rings. The maximum atomic E-state index is 5.23. The first-order valence-electron chi connectivity index (χ1n) is 19.7.